The molecular weight excluding hydrogens is 440 g/mol. The molecule has 0 radical (unpaired) electrons. The van der Waals surface area contributed by atoms with Gasteiger partial charge in [-0.1, -0.05) is 61.9 Å². The van der Waals surface area contributed by atoms with Crippen LogP contribution in [0.2, 0.25) is 0 Å². The van der Waals surface area contributed by atoms with E-state index in [1.54, 1.807) is 18.4 Å². The summed E-state index contributed by atoms with van der Waals surface area (Å²) in [5, 5.41) is 2.92. The fourth-order valence-corrected chi connectivity index (χ4v) is 3.76. The van der Waals surface area contributed by atoms with E-state index in [1.165, 1.54) is 4.90 Å². The van der Waals surface area contributed by atoms with Crippen LogP contribution >= 0.6 is 0 Å². The number of hydrogen-bond donors (Lipinski definition) is 1. The summed E-state index contributed by atoms with van der Waals surface area (Å²) in [6, 6.07) is 21.4. The smallest absolute Gasteiger partial charge is 0.246 e. The van der Waals surface area contributed by atoms with Gasteiger partial charge in [0.05, 0.1) is 18.5 Å². The quantitative estimate of drug-likeness (QED) is 0.353. The lowest BCUT2D eigenvalue weighted by Crippen LogP contribution is -2.38. The molecule has 0 unspecified atom stereocenters. The van der Waals surface area contributed by atoms with E-state index in [0.29, 0.717) is 18.1 Å². The standard InChI is InChI=1S/C28H30N4O3/c1-20(2)16-27(34)31(17-24-10-7-15-35-24)19-26(33)30-28-29-25(22-8-5-4-6-9-22)18-32(28)23-13-11-21(3)12-14-23/h4-15,18,20H,16-17,19H2,1-3H3,(H,29,30,33). The summed E-state index contributed by atoms with van der Waals surface area (Å²) in [5.74, 6) is 0.776. The summed E-state index contributed by atoms with van der Waals surface area (Å²) in [7, 11) is 0. The molecular formula is C28H30N4O3. The number of carbonyl (C=O) groups is 2. The monoisotopic (exact) mass is 470 g/mol. The van der Waals surface area contributed by atoms with E-state index in [-0.39, 0.29) is 30.8 Å². The Bertz CT molecular complexity index is 1260. The van der Waals surface area contributed by atoms with Gasteiger partial charge in [-0.2, -0.15) is 0 Å². The lowest BCUT2D eigenvalue weighted by atomic mass is 10.1. The number of benzene rings is 2. The average molecular weight is 471 g/mol. The molecule has 1 N–H and O–H groups in total. The van der Waals surface area contributed by atoms with E-state index in [4.69, 9.17) is 9.40 Å². The van der Waals surface area contributed by atoms with Crippen molar-refractivity contribution in [2.75, 3.05) is 11.9 Å². The highest BCUT2D eigenvalue weighted by molar-refractivity contribution is 5.94. The summed E-state index contributed by atoms with van der Waals surface area (Å²) in [6.45, 7) is 6.11. The lowest BCUT2D eigenvalue weighted by molar-refractivity contribution is -0.136. The highest BCUT2D eigenvalue weighted by atomic mass is 16.3. The van der Waals surface area contributed by atoms with E-state index >= 15 is 0 Å². The highest BCUT2D eigenvalue weighted by Gasteiger charge is 2.21. The van der Waals surface area contributed by atoms with Gasteiger partial charge < -0.3 is 9.32 Å². The number of aryl methyl sites for hydroxylation is 1. The van der Waals surface area contributed by atoms with Gasteiger partial charge >= 0.3 is 0 Å². The van der Waals surface area contributed by atoms with Crippen molar-refractivity contribution in [2.45, 2.75) is 33.7 Å². The van der Waals surface area contributed by atoms with Gasteiger partial charge in [-0.3, -0.25) is 19.5 Å². The van der Waals surface area contributed by atoms with Gasteiger partial charge in [-0.05, 0) is 37.1 Å². The van der Waals surface area contributed by atoms with E-state index < -0.39 is 0 Å². The zero-order valence-electron chi connectivity index (χ0n) is 20.3. The number of hydrogen-bond acceptors (Lipinski definition) is 4. The Morgan fingerprint density at radius 2 is 1.77 bits per heavy atom. The maximum absolute atomic E-state index is 13.1. The summed E-state index contributed by atoms with van der Waals surface area (Å²) in [6.07, 6.45) is 3.81. The first-order valence-corrected chi connectivity index (χ1v) is 11.7. The van der Waals surface area contributed by atoms with Crippen LogP contribution in [0.3, 0.4) is 0 Å². The van der Waals surface area contributed by atoms with Crippen molar-refractivity contribution in [1.29, 1.82) is 0 Å². The number of aromatic nitrogens is 2. The van der Waals surface area contributed by atoms with Crippen molar-refractivity contribution >= 4 is 17.8 Å². The van der Waals surface area contributed by atoms with Crippen molar-refractivity contribution < 1.29 is 14.0 Å². The van der Waals surface area contributed by atoms with Gasteiger partial charge in [0.2, 0.25) is 17.8 Å². The Hall–Kier alpha value is -4.13. The van der Waals surface area contributed by atoms with E-state index in [1.807, 2.05) is 86.1 Å². The highest BCUT2D eigenvalue weighted by Crippen LogP contribution is 2.24. The molecule has 2 aromatic heterocycles. The Morgan fingerprint density at radius 3 is 2.43 bits per heavy atom. The van der Waals surface area contributed by atoms with Gasteiger partial charge in [-0.15, -0.1) is 0 Å². The maximum atomic E-state index is 13.1. The van der Waals surface area contributed by atoms with Crippen LogP contribution in [-0.4, -0.2) is 32.8 Å². The van der Waals surface area contributed by atoms with Gasteiger partial charge in [0.1, 0.15) is 12.3 Å². The molecule has 0 aliphatic rings. The number of carbonyl (C=O) groups excluding carboxylic acids is 2. The Morgan fingerprint density at radius 1 is 1.03 bits per heavy atom. The number of nitrogens with one attached hydrogen (secondary N) is 1. The minimum absolute atomic E-state index is 0.0987. The van der Waals surface area contributed by atoms with Crippen molar-refractivity contribution in [2.24, 2.45) is 5.92 Å². The molecule has 4 rings (SSSR count). The Kier molecular flexibility index (Phi) is 7.45. The molecule has 0 saturated carbocycles. The first-order chi connectivity index (χ1) is 16.9. The molecule has 7 heteroatoms. The molecule has 4 aromatic rings. The molecule has 0 aliphatic carbocycles. The second-order valence-corrected chi connectivity index (χ2v) is 9.00. The molecule has 180 valence electrons. The second kappa shape index (κ2) is 10.9. The molecule has 2 amide bonds. The molecule has 7 nitrogen and oxygen atoms in total. The van der Waals surface area contributed by atoms with Crippen molar-refractivity contribution in [3.8, 4) is 16.9 Å². The largest absolute Gasteiger partial charge is 0.467 e. The van der Waals surface area contributed by atoms with Gasteiger partial charge in [0.15, 0.2) is 0 Å². The molecule has 2 heterocycles. The van der Waals surface area contributed by atoms with Crippen LogP contribution in [0.5, 0.6) is 0 Å². The first kappa shape index (κ1) is 24.0. The minimum Gasteiger partial charge on any atom is -0.467 e. The van der Waals surface area contributed by atoms with Crippen LogP contribution < -0.4 is 5.32 Å². The van der Waals surface area contributed by atoms with Crippen molar-refractivity contribution in [1.82, 2.24) is 14.5 Å². The molecule has 0 aliphatic heterocycles. The molecule has 0 atom stereocenters. The third-order valence-corrected chi connectivity index (χ3v) is 5.54. The van der Waals surface area contributed by atoms with Crippen LogP contribution in [-0.2, 0) is 16.1 Å². The summed E-state index contributed by atoms with van der Waals surface area (Å²) in [4.78, 5) is 32.2. The predicted octanol–water partition coefficient (Wildman–Crippen LogP) is 5.45. The van der Waals surface area contributed by atoms with Crippen molar-refractivity contribution in [3.05, 3.63) is 90.5 Å². The average Bonchev–Trinajstić information content (AvgIpc) is 3.49. The van der Waals surface area contributed by atoms with Crippen LogP contribution in [0.4, 0.5) is 5.95 Å². The normalized spacial score (nSPS) is 11.0. The zero-order valence-corrected chi connectivity index (χ0v) is 20.3. The lowest BCUT2D eigenvalue weighted by Gasteiger charge is -2.22. The van der Waals surface area contributed by atoms with Crippen LogP contribution in [0.15, 0.2) is 83.6 Å². The predicted molar refractivity (Wildman–Crippen MR) is 136 cm³/mol. The second-order valence-electron chi connectivity index (χ2n) is 9.00. The summed E-state index contributed by atoms with van der Waals surface area (Å²) < 4.78 is 7.27. The summed E-state index contributed by atoms with van der Waals surface area (Å²) >= 11 is 0. The number of rotatable bonds is 9. The number of amides is 2. The zero-order chi connectivity index (χ0) is 24.8. The number of nitrogens with zero attached hydrogens (tertiary/aromatic N) is 3. The summed E-state index contributed by atoms with van der Waals surface area (Å²) in [5.41, 5.74) is 3.70. The van der Waals surface area contributed by atoms with E-state index in [0.717, 1.165) is 22.5 Å². The van der Waals surface area contributed by atoms with Crippen LogP contribution in [0.25, 0.3) is 16.9 Å². The fraction of sp³-hybridized carbons (Fsp3) is 0.250. The molecule has 35 heavy (non-hydrogen) atoms. The topological polar surface area (TPSA) is 80.4 Å². The van der Waals surface area contributed by atoms with Gasteiger partial charge in [-0.25, -0.2) is 4.98 Å². The van der Waals surface area contributed by atoms with E-state index in [9.17, 15) is 9.59 Å². The number of anilines is 1. The molecule has 0 saturated heterocycles. The third-order valence-electron chi connectivity index (χ3n) is 5.54. The van der Waals surface area contributed by atoms with E-state index in [2.05, 4.69) is 5.32 Å². The maximum Gasteiger partial charge on any atom is 0.246 e. The molecule has 0 bridgehead atoms. The number of furan rings is 1. The van der Waals surface area contributed by atoms with Crippen molar-refractivity contribution in [3.63, 3.8) is 0 Å². The first-order valence-electron chi connectivity index (χ1n) is 11.7. The fourth-order valence-electron chi connectivity index (χ4n) is 3.76. The van der Waals surface area contributed by atoms with Crippen LogP contribution in [0.1, 0.15) is 31.6 Å². The van der Waals surface area contributed by atoms with Crippen LogP contribution in [0, 0.1) is 12.8 Å². The molecule has 0 fully saturated rings. The third kappa shape index (κ3) is 6.26. The van der Waals surface area contributed by atoms with Gasteiger partial charge in [0, 0.05) is 23.9 Å². The Balaban J connectivity index is 1.59. The Labute approximate surface area is 205 Å². The number of imidazole rings is 1. The molecule has 2 aromatic carbocycles. The molecule has 0 spiro atoms. The minimum atomic E-state index is -0.327. The van der Waals surface area contributed by atoms with Gasteiger partial charge in [0.25, 0.3) is 0 Å². The SMILES string of the molecule is Cc1ccc(-n2cc(-c3ccccc3)nc2NC(=O)CN(Cc2ccco2)C(=O)CC(C)C)cc1.